The molecule has 0 amide bonds. The van der Waals surface area contributed by atoms with Gasteiger partial charge in [0, 0.05) is 5.56 Å². The van der Waals surface area contributed by atoms with E-state index in [0.717, 1.165) is 30.4 Å². The summed E-state index contributed by atoms with van der Waals surface area (Å²) in [5.74, 6) is 1.31. The van der Waals surface area contributed by atoms with Gasteiger partial charge >= 0.3 is 0 Å². The number of nitrogens with zero attached hydrogens (tertiary/aromatic N) is 1. The summed E-state index contributed by atoms with van der Waals surface area (Å²) in [4.78, 5) is 3.98. The van der Waals surface area contributed by atoms with Crippen molar-refractivity contribution in [3.63, 3.8) is 0 Å². The molecule has 2 rings (SSSR count). The fourth-order valence-electron chi connectivity index (χ4n) is 2.09. The first-order chi connectivity index (χ1) is 8.63. The summed E-state index contributed by atoms with van der Waals surface area (Å²) in [5.41, 5.74) is 7.30. The lowest BCUT2D eigenvalue weighted by atomic mass is 10.1. The Balaban J connectivity index is 2.19. The van der Waals surface area contributed by atoms with Gasteiger partial charge in [-0.15, -0.1) is 0 Å². The van der Waals surface area contributed by atoms with Gasteiger partial charge in [0.15, 0.2) is 5.84 Å². The summed E-state index contributed by atoms with van der Waals surface area (Å²) in [6, 6.07) is 5.64. The third-order valence-corrected chi connectivity index (χ3v) is 3.06. The van der Waals surface area contributed by atoms with E-state index in [9.17, 15) is 0 Å². The molecule has 0 aliphatic carbocycles. The van der Waals surface area contributed by atoms with Crippen LogP contribution in [0.1, 0.15) is 44.2 Å². The minimum absolute atomic E-state index is 0.145. The molecule has 1 aromatic carbocycles. The van der Waals surface area contributed by atoms with E-state index in [0.29, 0.717) is 11.6 Å². The molecule has 4 nitrogen and oxygen atoms in total. The second-order valence-electron chi connectivity index (χ2n) is 4.60. The van der Waals surface area contributed by atoms with Gasteiger partial charge in [0.05, 0.1) is 11.7 Å². The fourth-order valence-corrected chi connectivity index (χ4v) is 2.09. The molecular formula is C14H19N3O. The number of aliphatic imine (C=N–C) groups is 1. The molecule has 1 atom stereocenters. The van der Waals surface area contributed by atoms with Crippen LogP contribution in [0.15, 0.2) is 23.2 Å². The Hall–Kier alpha value is -1.84. The van der Waals surface area contributed by atoms with Gasteiger partial charge in [0.2, 0.25) is 0 Å². The highest BCUT2D eigenvalue weighted by Gasteiger charge is 2.23. The molecule has 0 bridgehead atoms. The Labute approximate surface area is 107 Å². The van der Waals surface area contributed by atoms with Gasteiger partial charge in [-0.3, -0.25) is 5.41 Å². The number of unbranched alkanes of at least 4 members (excludes halogenated alkanes) is 1. The first kappa shape index (κ1) is 12.6. The third kappa shape index (κ3) is 2.37. The molecule has 1 aliphatic rings. The molecule has 0 radical (unpaired) electrons. The number of ether oxygens (including phenoxy) is 1. The third-order valence-electron chi connectivity index (χ3n) is 3.06. The van der Waals surface area contributed by atoms with Crippen molar-refractivity contribution in [3.05, 3.63) is 29.3 Å². The number of nitrogens with two attached hydrogens (primary N) is 1. The zero-order chi connectivity index (χ0) is 13.1. The lowest BCUT2D eigenvalue weighted by molar-refractivity contribution is 0.207. The number of rotatable bonds is 5. The average molecular weight is 245 g/mol. The second-order valence-corrected chi connectivity index (χ2v) is 4.60. The smallest absolute Gasteiger partial charge is 0.158 e. The van der Waals surface area contributed by atoms with E-state index >= 15 is 0 Å². The van der Waals surface area contributed by atoms with Crippen LogP contribution in [0, 0.1) is 5.41 Å². The average Bonchev–Trinajstić information content (AvgIpc) is 2.64. The monoisotopic (exact) mass is 245 g/mol. The Morgan fingerprint density at radius 2 is 2.22 bits per heavy atom. The van der Waals surface area contributed by atoms with Crippen LogP contribution < -0.4 is 10.5 Å². The zero-order valence-corrected chi connectivity index (χ0v) is 10.9. The minimum Gasteiger partial charge on any atom is -0.490 e. The standard InChI is InChI=1S/C14H19N3O/c1-3-4-6-9(2)18-11-8-5-7-10-12(11)14(16)17-13(10)15/h5,7-9H,3-4,6H2,1-2H3,(H3,15,16,17). The first-order valence-electron chi connectivity index (χ1n) is 6.36. The number of hydrogen-bond acceptors (Lipinski definition) is 3. The molecule has 0 spiro atoms. The maximum Gasteiger partial charge on any atom is 0.158 e. The van der Waals surface area contributed by atoms with E-state index in [4.69, 9.17) is 15.9 Å². The molecule has 4 heteroatoms. The van der Waals surface area contributed by atoms with Gasteiger partial charge in [-0.25, -0.2) is 4.99 Å². The highest BCUT2D eigenvalue weighted by atomic mass is 16.5. The van der Waals surface area contributed by atoms with Crippen LogP contribution >= 0.6 is 0 Å². The molecule has 1 aromatic rings. The molecule has 0 saturated carbocycles. The van der Waals surface area contributed by atoms with E-state index in [2.05, 4.69) is 18.8 Å². The van der Waals surface area contributed by atoms with Gasteiger partial charge in [0.25, 0.3) is 0 Å². The van der Waals surface area contributed by atoms with Gasteiger partial charge in [-0.1, -0.05) is 31.9 Å². The normalized spacial score (nSPS) is 15.2. The molecule has 18 heavy (non-hydrogen) atoms. The Kier molecular flexibility index (Phi) is 3.65. The van der Waals surface area contributed by atoms with Crippen LogP contribution in [0.3, 0.4) is 0 Å². The number of fused-ring (bicyclic) bond motifs is 1. The van der Waals surface area contributed by atoms with E-state index in [1.807, 2.05) is 18.2 Å². The Morgan fingerprint density at radius 1 is 1.44 bits per heavy atom. The lowest BCUT2D eigenvalue weighted by Gasteiger charge is -2.16. The molecule has 1 heterocycles. The van der Waals surface area contributed by atoms with Crippen LogP contribution in [0.2, 0.25) is 0 Å². The van der Waals surface area contributed by atoms with Crippen LogP contribution in [0.5, 0.6) is 5.75 Å². The predicted octanol–water partition coefficient (Wildman–Crippen LogP) is 2.69. The van der Waals surface area contributed by atoms with E-state index < -0.39 is 0 Å². The van der Waals surface area contributed by atoms with E-state index in [1.54, 1.807) is 0 Å². The van der Waals surface area contributed by atoms with Crippen molar-refractivity contribution in [2.24, 2.45) is 10.7 Å². The molecule has 0 saturated heterocycles. The van der Waals surface area contributed by atoms with E-state index in [1.165, 1.54) is 0 Å². The highest BCUT2D eigenvalue weighted by molar-refractivity contribution is 6.22. The summed E-state index contributed by atoms with van der Waals surface area (Å²) in [7, 11) is 0. The fraction of sp³-hybridized carbons (Fsp3) is 0.429. The van der Waals surface area contributed by atoms with Crippen LogP contribution in [0.4, 0.5) is 0 Å². The van der Waals surface area contributed by atoms with Gasteiger partial charge in [0.1, 0.15) is 11.6 Å². The Bertz CT molecular complexity index is 494. The number of benzene rings is 1. The van der Waals surface area contributed by atoms with E-state index in [-0.39, 0.29) is 11.9 Å². The van der Waals surface area contributed by atoms with Crippen LogP contribution in [-0.4, -0.2) is 17.8 Å². The molecule has 1 aliphatic heterocycles. The molecule has 0 aromatic heterocycles. The van der Waals surface area contributed by atoms with Crippen molar-refractivity contribution in [3.8, 4) is 5.75 Å². The first-order valence-corrected chi connectivity index (χ1v) is 6.36. The quantitative estimate of drug-likeness (QED) is 0.837. The van der Waals surface area contributed by atoms with Crippen molar-refractivity contribution in [1.29, 1.82) is 5.41 Å². The zero-order valence-electron chi connectivity index (χ0n) is 10.9. The van der Waals surface area contributed by atoms with Crippen LogP contribution in [-0.2, 0) is 0 Å². The molecule has 3 N–H and O–H groups in total. The molecule has 0 fully saturated rings. The van der Waals surface area contributed by atoms with Crippen LogP contribution in [0.25, 0.3) is 0 Å². The Morgan fingerprint density at radius 3 is 2.94 bits per heavy atom. The summed E-state index contributed by atoms with van der Waals surface area (Å²) < 4.78 is 5.91. The van der Waals surface area contributed by atoms with Gasteiger partial charge in [-0.2, -0.15) is 0 Å². The topological polar surface area (TPSA) is 71.5 Å². The van der Waals surface area contributed by atoms with Crippen molar-refractivity contribution < 1.29 is 4.74 Å². The van der Waals surface area contributed by atoms with Crippen molar-refractivity contribution in [2.75, 3.05) is 0 Å². The maximum absolute atomic E-state index is 7.84. The second kappa shape index (κ2) is 5.21. The minimum atomic E-state index is 0.145. The molecule has 1 unspecified atom stereocenters. The summed E-state index contributed by atoms with van der Waals surface area (Å²) in [6.45, 7) is 4.22. The van der Waals surface area contributed by atoms with Crippen molar-refractivity contribution in [1.82, 2.24) is 0 Å². The highest BCUT2D eigenvalue weighted by Crippen LogP contribution is 2.28. The maximum atomic E-state index is 7.84. The molecular weight excluding hydrogens is 226 g/mol. The van der Waals surface area contributed by atoms with Crippen molar-refractivity contribution in [2.45, 2.75) is 39.2 Å². The van der Waals surface area contributed by atoms with Gasteiger partial charge < -0.3 is 10.5 Å². The number of nitrogens with one attached hydrogen (secondary N) is 1. The summed E-state index contributed by atoms with van der Waals surface area (Å²) >= 11 is 0. The summed E-state index contributed by atoms with van der Waals surface area (Å²) in [5, 5.41) is 7.84. The summed E-state index contributed by atoms with van der Waals surface area (Å²) in [6.07, 6.45) is 3.47. The largest absolute Gasteiger partial charge is 0.490 e. The SMILES string of the molecule is CCCCC(C)Oc1cccc2c1C(=N)N=C2N. The van der Waals surface area contributed by atoms with Gasteiger partial charge in [-0.05, 0) is 19.4 Å². The lowest BCUT2D eigenvalue weighted by Crippen LogP contribution is -2.14. The number of hydrogen-bond donors (Lipinski definition) is 2. The number of amidine groups is 2. The van der Waals surface area contributed by atoms with Crippen molar-refractivity contribution >= 4 is 11.7 Å². The molecule has 96 valence electrons. The predicted molar refractivity (Wildman–Crippen MR) is 73.6 cm³/mol.